The Kier molecular flexibility index (Phi) is 6.00. The van der Waals surface area contributed by atoms with Gasteiger partial charge in [-0.15, -0.1) is 0 Å². The third kappa shape index (κ3) is 4.44. The molecule has 32 heavy (non-hydrogen) atoms. The fraction of sp³-hybridized carbons (Fsp3) is 0.261. The molecule has 7 nitrogen and oxygen atoms in total. The molecule has 1 aliphatic carbocycles. The van der Waals surface area contributed by atoms with E-state index < -0.39 is 0 Å². The molecule has 1 aliphatic rings. The molecule has 0 bridgehead atoms. The lowest BCUT2D eigenvalue weighted by atomic mass is 9.97. The molecule has 0 saturated heterocycles. The quantitative estimate of drug-likeness (QED) is 0.345. The summed E-state index contributed by atoms with van der Waals surface area (Å²) in [6, 6.07) is 11.6. The molecule has 3 aromatic heterocycles. The third-order valence-electron chi connectivity index (χ3n) is 5.39. The number of carbonyl (C=O) groups is 1. The summed E-state index contributed by atoms with van der Waals surface area (Å²) >= 11 is 2.78. The summed E-state index contributed by atoms with van der Waals surface area (Å²) < 4.78 is 2.79. The van der Waals surface area contributed by atoms with E-state index in [-0.39, 0.29) is 17.3 Å². The van der Waals surface area contributed by atoms with E-state index in [1.165, 1.54) is 23.1 Å². The predicted octanol–water partition coefficient (Wildman–Crippen LogP) is 3.91. The van der Waals surface area contributed by atoms with E-state index in [1.54, 1.807) is 17.0 Å². The van der Waals surface area contributed by atoms with Crippen LogP contribution in [0.5, 0.6) is 0 Å². The summed E-state index contributed by atoms with van der Waals surface area (Å²) in [5.74, 6) is 0.0291. The summed E-state index contributed by atoms with van der Waals surface area (Å²) in [5, 5.41) is 4.12. The first kappa shape index (κ1) is 20.8. The standard InChI is InChI=1S/C23H21N5O2S2/c29-20(26-22-25-17-8-2-4-10-19(17)32-22)14-31-21-16-7-1-3-9-18(16)28(23(30)27-21)13-15-6-5-11-24-12-15/h2,4-6,8,10-12H,1,3,7,9,13-14H2,(H,25,26,29). The molecule has 5 rings (SSSR count). The Morgan fingerprint density at radius 3 is 2.84 bits per heavy atom. The van der Waals surface area contributed by atoms with Crippen LogP contribution in [0.4, 0.5) is 5.13 Å². The molecular weight excluding hydrogens is 442 g/mol. The van der Waals surface area contributed by atoms with Gasteiger partial charge in [0, 0.05) is 23.7 Å². The van der Waals surface area contributed by atoms with E-state index >= 15 is 0 Å². The second-order valence-corrected chi connectivity index (χ2v) is 9.60. The number of para-hydroxylation sites is 1. The number of nitrogens with zero attached hydrogens (tertiary/aromatic N) is 4. The number of pyridine rings is 1. The van der Waals surface area contributed by atoms with Gasteiger partial charge >= 0.3 is 5.69 Å². The van der Waals surface area contributed by atoms with Crippen LogP contribution in [-0.2, 0) is 24.2 Å². The Morgan fingerprint density at radius 1 is 1.12 bits per heavy atom. The number of thioether (sulfide) groups is 1. The molecule has 0 fully saturated rings. The number of aromatic nitrogens is 4. The number of carbonyl (C=O) groups excluding carboxylic acids is 1. The zero-order valence-electron chi connectivity index (χ0n) is 17.3. The maximum atomic E-state index is 12.9. The molecule has 1 amide bonds. The van der Waals surface area contributed by atoms with Crippen molar-refractivity contribution in [3.05, 3.63) is 76.1 Å². The van der Waals surface area contributed by atoms with Gasteiger partial charge in [0.2, 0.25) is 5.91 Å². The van der Waals surface area contributed by atoms with E-state index in [2.05, 4.69) is 20.3 Å². The van der Waals surface area contributed by atoms with Gasteiger partial charge in [-0.05, 0) is 49.4 Å². The normalized spacial score (nSPS) is 13.1. The van der Waals surface area contributed by atoms with Crippen LogP contribution >= 0.6 is 23.1 Å². The molecule has 0 spiro atoms. The highest BCUT2D eigenvalue weighted by Crippen LogP contribution is 2.29. The lowest BCUT2D eigenvalue weighted by Gasteiger charge is -2.22. The van der Waals surface area contributed by atoms with Gasteiger partial charge < -0.3 is 5.32 Å². The molecule has 1 N–H and O–H groups in total. The van der Waals surface area contributed by atoms with E-state index in [4.69, 9.17) is 0 Å². The Bertz CT molecular complexity index is 1300. The van der Waals surface area contributed by atoms with Crippen molar-refractivity contribution in [1.82, 2.24) is 19.5 Å². The van der Waals surface area contributed by atoms with Crippen molar-refractivity contribution < 1.29 is 4.79 Å². The van der Waals surface area contributed by atoms with Gasteiger partial charge in [0.15, 0.2) is 5.13 Å². The number of thiazole rings is 1. The number of amides is 1. The summed E-state index contributed by atoms with van der Waals surface area (Å²) in [6.45, 7) is 0.463. The van der Waals surface area contributed by atoms with Crippen molar-refractivity contribution in [2.24, 2.45) is 0 Å². The zero-order chi connectivity index (χ0) is 21.9. The van der Waals surface area contributed by atoms with Gasteiger partial charge in [-0.3, -0.25) is 14.3 Å². The number of hydrogen-bond donors (Lipinski definition) is 1. The van der Waals surface area contributed by atoms with Gasteiger partial charge in [-0.25, -0.2) is 9.78 Å². The molecular formula is C23H21N5O2S2. The smallest absolute Gasteiger partial charge is 0.301 e. The van der Waals surface area contributed by atoms with Crippen LogP contribution in [0, 0.1) is 0 Å². The minimum atomic E-state index is -0.274. The van der Waals surface area contributed by atoms with Crippen molar-refractivity contribution in [3.8, 4) is 0 Å². The molecule has 1 aromatic carbocycles. The van der Waals surface area contributed by atoms with E-state index in [9.17, 15) is 9.59 Å². The highest BCUT2D eigenvalue weighted by atomic mass is 32.2. The van der Waals surface area contributed by atoms with Crippen LogP contribution in [0.25, 0.3) is 10.2 Å². The third-order valence-corrected chi connectivity index (χ3v) is 7.36. The van der Waals surface area contributed by atoms with Crippen LogP contribution in [0.1, 0.15) is 29.7 Å². The summed E-state index contributed by atoms with van der Waals surface area (Å²) in [4.78, 5) is 38.3. The Hall–Kier alpha value is -3.04. The lowest BCUT2D eigenvalue weighted by Crippen LogP contribution is -2.30. The number of fused-ring (bicyclic) bond motifs is 2. The molecule has 0 unspecified atom stereocenters. The number of rotatable bonds is 6. The fourth-order valence-electron chi connectivity index (χ4n) is 3.92. The maximum absolute atomic E-state index is 12.9. The van der Waals surface area contributed by atoms with Gasteiger partial charge in [0.1, 0.15) is 5.03 Å². The van der Waals surface area contributed by atoms with Crippen LogP contribution in [0.3, 0.4) is 0 Å². The van der Waals surface area contributed by atoms with E-state index in [0.29, 0.717) is 16.7 Å². The number of nitrogens with one attached hydrogen (secondary N) is 1. The van der Waals surface area contributed by atoms with Crippen LogP contribution < -0.4 is 11.0 Å². The largest absolute Gasteiger partial charge is 0.349 e. The van der Waals surface area contributed by atoms with Crippen LogP contribution in [-0.4, -0.2) is 31.2 Å². The molecule has 0 atom stereocenters. The summed E-state index contributed by atoms with van der Waals surface area (Å²) in [6.07, 6.45) is 7.32. The van der Waals surface area contributed by atoms with Crippen molar-refractivity contribution in [2.45, 2.75) is 37.3 Å². The van der Waals surface area contributed by atoms with Gasteiger partial charge in [0.05, 0.1) is 22.5 Å². The van der Waals surface area contributed by atoms with Crippen LogP contribution in [0.2, 0.25) is 0 Å². The molecule has 0 saturated carbocycles. The first-order chi connectivity index (χ1) is 15.7. The molecule has 0 aliphatic heterocycles. The topological polar surface area (TPSA) is 89.8 Å². The van der Waals surface area contributed by atoms with Crippen LogP contribution in [0.15, 0.2) is 58.6 Å². The molecule has 3 heterocycles. The average molecular weight is 464 g/mol. The van der Waals surface area contributed by atoms with Crippen molar-refractivity contribution in [3.63, 3.8) is 0 Å². The average Bonchev–Trinajstić information content (AvgIpc) is 3.22. The number of anilines is 1. The Balaban J connectivity index is 1.33. The van der Waals surface area contributed by atoms with E-state index in [1.807, 2.05) is 36.4 Å². The second-order valence-electron chi connectivity index (χ2n) is 7.60. The number of benzene rings is 1. The monoisotopic (exact) mass is 463 g/mol. The van der Waals surface area contributed by atoms with Crippen molar-refractivity contribution in [1.29, 1.82) is 0 Å². The van der Waals surface area contributed by atoms with E-state index in [0.717, 1.165) is 52.7 Å². The van der Waals surface area contributed by atoms with Gasteiger partial charge in [0.25, 0.3) is 0 Å². The molecule has 9 heteroatoms. The first-order valence-corrected chi connectivity index (χ1v) is 12.3. The maximum Gasteiger partial charge on any atom is 0.349 e. The zero-order valence-corrected chi connectivity index (χ0v) is 18.9. The summed E-state index contributed by atoms with van der Waals surface area (Å²) in [5.41, 5.74) is 3.70. The highest BCUT2D eigenvalue weighted by molar-refractivity contribution is 8.00. The highest BCUT2D eigenvalue weighted by Gasteiger charge is 2.21. The second kappa shape index (κ2) is 9.22. The Labute approximate surface area is 193 Å². The Morgan fingerprint density at radius 2 is 2.00 bits per heavy atom. The minimum Gasteiger partial charge on any atom is -0.301 e. The van der Waals surface area contributed by atoms with Crippen molar-refractivity contribution >= 4 is 44.4 Å². The SMILES string of the molecule is O=C(CSc1nc(=O)n(Cc2cccnc2)c2c1CCCC2)Nc1nc2ccccc2s1. The van der Waals surface area contributed by atoms with Gasteiger partial charge in [-0.1, -0.05) is 41.3 Å². The first-order valence-electron chi connectivity index (χ1n) is 10.5. The molecule has 4 aromatic rings. The fourth-order valence-corrected chi connectivity index (χ4v) is 5.68. The van der Waals surface area contributed by atoms with Crippen molar-refractivity contribution in [2.75, 3.05) is 11.1 Å². The minimum absolute atomic E-state index is 0.153. The predicted molar refractivity (Wildman–Crippen MR) is 127 cm³/mol. The lowest BCUT2D eigenvalue weighted by molar-refractivity contribution is -0.113. The van der Waals surface area contributed by atoms with Gasteiger partial charge in [-0.2, -0.15) is 4.98 Å². The molecule has 162 valence electrons. The number of hydrogen-bond acceptors (Lipinski definition) is 7. The molecule has 0 radical (unpaired) electrons. The summed E-state index contributed by atoms with van der Waals surface area (Å²) in [7, 11) is 0.